The fraction of sp³-hybridized carbons (Fsp3) is 0.463. The van der Waals surface area contributed by atoms with Gasteiger partial charge in [-0.3, -0.25) is 14.4 Å². The number of benzene rings is 2. The van der Waals surface area contributed by atoms with Crippen LogP contribution in [0.25, 0.3) is 16.9 Å². The largest absolute Gasteiger partial charge is 0.477 e. The lowest BCUT2D eigenvalue weighted by molar-refractivity contribution is -0.897. The van der Waals surface area contributed by atoms with Gasteiger partial charge in [0.1, 0.15) is 5.69 Å². The molecule has 2 aromatic carbocycles. The number of hydrogen-bond donors (Lipinski definition) is 6. The zero-order chi connectivity index (χ0) is 44.7. The molecule has 62 heavy (non-hydrogen) atoms. The molecule has 2 aliphatic heterocycles. The lowest BCUT2D eigenvalue weighted by atomic mass is 9.98. The number of imidazole rings is 1. The van der Waals surface area contributed by atoms with Crippen LogP contribution in [-0.2, 0) is 22.8 Å². The molecule has 2 fully saturated rings. The minimum absolute atomic E-state index is 0.00300. The average Bonchev–Trinajstić information content (AvgIpc) is 3.83. The Balaban J connectivity index is 1.07. The molecule has 6 rings (SSSR count). The summed E-state index contributed by atoms with van der Waals surface area (Å²) in [5, 5.41) is 21.9. The normalized spacial score (nSPS) is 15.5. The number of carboxylic acid groups (broad SMARTS) is 1. The number of aromatic nitrogens is 4. The van der Waals surface area contributed by atoms with Gasteiger partial charge in [-0.2, -0.15) is 18.3 Å². The number of carbonyl (C=O) groups is 4. The molecule has 2 atom stereocenters. The Hall–Kier alpha value is -5.57. The summed E-state index contributed by atoms with van der Waals surface area (Å²) in [7, 11) is 1.35. The first kappa shape index (κ1) is 45.9. The lowest BCUT2D eigenvalue weighted by Gasteiger charge is -2.37. The van der Waals surface area contributed by atoms with Gasteiger partial charge in [0.15, 0.2) is 23.9 Å². The summed E-state index contributed by atoms with van der Waals surface area (Å²) in [4.78, 5) is 60.2. The first-order valence-corrected chi connectivity index (χ1v) is 20.8. The predicted molar refractivity (Wildman–Crippen MR) is 223 cm³/mol. The molecule has 2 unspecified atom stereocenters. The van der Waals surface area contributed by atoms with Crippen LogP contribution < -0.4 is 26.6 Å². The average molecular weight is 889 g/mol. The van der Waals surface area contributed by atoms with Crippen LogP contribution in [0.2, 0.25) is 5.02 Å². The van der Waals surface area contributed by atoms with Crippen LogP contribution in [0, 0.1) is 17.7 Å². The van der Waals surface area contributed by atoms with E-state index in [-0.39, 0.29) is 70.8 Å². The zero-order valence-electron chi connectivity index (χ0n) is 34.4. The Bertz CT molecular complexity index is 2260. The van der Waals surface area contributed by atoms with E-state index in [0.29, 0.717) is 63.6 Å². The van der Waals surface area contributed by atoms with E-state index in [4.69, 9.17) is 17.3 Å². The molecular formula is C41H51ClF4N11O5+. The van der Waals surface area contributed by atoms with Crippen molar-refractivity contribution in [2.24, 2.45) is 24.6 Å². The number of hydrogen-bond acceptors (Lipinski definition) is 9. The number of carbonyl (C=O) groups excluding carboxylic acids is 3. The highest BCUT2D eigenvalue weighted by atomic mass is 35.5. The summed E-state index contributed by atoms with van der Waals surface area (Å²) >= 11 is 6.55. The summed E-state index contributed by atoms with van der Waals surface area (Å²) in [6.07, 6.45) is -1.02. The molecule has 7 N–H and O–H groups in total. The molecule has 2 saturated heterocycles. The van der Waals surface area contributed by atoms with Crippen LogP contribution in [0.5, 0.6) is 0 Å². The van der Waals surface area contributed by atoms with E-state index in [0.717, 1.165) is 52.2 Å². The molecule has 0 bridgehead atoms. The molecule has 2 aliphatic rings. The van der Waals surface area contributed by atoms with Crippen LogP contribution in [0.4, 0.5) is 28.9 Å². The Kier molecular flexibility index (Phi) is 14.9. The van der Waals surface area contributed by atoms with Crippen molar-refractivity contribution >= 4 is 46.7 Å². The van der Waals surface area contributed by atoms with Crippen molar-refractivity contribution in [3.8, 4) is 16.9 Å². The number of quaternary nitrogens is 1. The van der Waals surface area contributed by atoms with Gasteiger partial charge in [-0.25, -0.2) is 18.9 Å². The van der Waals surface area contributed by atoms with Crippen LogP contribution in [-0.4, -0.2) is 130 Å². The maximum absolute atomic E-state index is 15.1. The molecule has 334 valence electrons. The van der Waals surface area contributed by atoms with Crippen molar-refractivity contribution in [2.75, 3.05) is 82.6 Å². The summed E-state index contributed by atoms with van der Waals surface area (Å²) in [5.74, 6) is -2.93. The highest BCUT2D eigenvalue weighted by Gasteiger charge is 2.39. The highest BCUT2D eigenvalue weighted by Crippen LogP contribution is 2.37. The number of halogens is 5. The number of amides is 3. The van der Waals surface area contributed by atoms with Gasteiger partial charge in [0.05, 0.1) is 41.1 Å². The fourth-order valence-corrected chi connectivity index (χ4v) is 7.93. The number of nitrogens with one attached hydrogen (secondary N) is 4. The molecule has 21 heteroatoms. The molecule has 0 saturated carbocycles. The number of carboxylic acids is 1. The Morgan fingerprint density at radius 1 is 1.06 bits per heavy atom. The number of nitrogens with zero attached hydrogens (tertiary/aromatic N) is 6. The molecule has 0 aliphatic carbocycles. The number of anilines is 2. The molecule has 2 aromatic heterocycles. The van der Waals surface area contributed by atoms with Gasteiger partial charge >= 0.3 is 12.1 Å². The monoisotopic (exact) mass is 888 g/mol. The summed E-state index contributed by atoms with van der Waals surface area (Å²) in [6, 6.07) is 8.24. The fourth-order valence-electron chi connectivity index (χ4n) is 7.67. The van der Waals surface area contributed by atoms with Crippen LogP contribution in [0.3, 0.4) is 0 Å². The van der Waals surface area contributed by atoms with Crippen LogP contribution in [0.1, 0.15) is 52.9 Å². The van der Waals surface area contributed by atoms with Gasteiger partial charge in [-0.15, -0.1) is 0 Å². The second kappa shape index (κ2) is 20.1. The maximum atomic E-state index is 15.1. The second-order valence-electron chi connectivity index (χ2n) is 15.6. The first-order chi connectivity index (χ1) is 29.6. The minimum atomic E-state index is -4.94. The number of nitrogens with two attached hydrogens (primary N) is 1. The highest BCUT2D eigenvalue weighted by molar-refractivity contribution is 6.34. The number of rotatable bonds is 18. The third-order valence-corrected chi connectivity index (χ3v) is 11.5. The molecule has 3 amide bonds. The Labute approximate surface area is 360 Å². The van der Waals surface area contributed by atoms with E-state index < -0.39 is 35.1 Å². The van der Waals surface area contributed by atoms with Crippen molar-refractivity contribution in [1.82, 2.24) is 34.4 Å². The third-order valence-electron chi connectivity index (χ3n) is 11.2. The summed E-state index contributed by atoms with van der Waals surface area (Å²) in [5.41, 5.74) is 4.19. The van der Waals surface area contributed by atoms with E-state index in [1.807, 2.05) is 6.92 Å². The Morgan fingerprint density at radius 2 is 1.77 bits per heavy atom. The predicted octanol–water partition coefficient (Wildman–Crippen LogP) is 2.99. The van der Waals surface area contributed by atoms with Crippen molar-refractivity contribution in [3.63, 3.8) is 0 Å². The van der Waals surface area contributed by atoms with Crippen LogP contribution >= 0.6 is 11.6 Å². The Morgan fingerprint density at radius 3 is 2.39 bits per heavy atom. The molecule has 4 aromatic rings. The van der Waals surface area contributed by atoms with Gasteiger partial charge in [0.25, 0.3) is 11.8 Å². The second-order valence-corrected chi connectivity index (χ2v) is 16.0. The van der Waals surface area contributed by atoms with Gasteiger partial charge in [-0.05, 0) is 55.8 Å². The first-order valence-electron chi connectivity index (χ1n) is 20.5. The van der Waals surface area contributed by atoms with E-state index in [1.165, 1.54) is 37.4 Å². The lowest BCUT2D eigenvalue weighted by Crippen LogP contribution is -3.14. The molecular weight excluding hydrogens is 838 g/mol. The van der Waals surface area contributed by atoms with Crippen molar-refractivity contribution in [1.29, 1.82) is 0 Å². The van der Waals surface area contributed by atoms with Crippen molar-refractivity contribution in [3.05, 3.63) is 76.7 Å². The summed E-state index contributed by atoms with van der Waals surface area (Å²) < 4.78 is 59.9. The molecule has 16 nitrogen and oxygen atoms in total. The molecule has 4 heterocycles. The SMILES string of the molecule is CCC(CC[NH+](CC(=O)O)CC1CNC1)C(=O)N1CCN(C(=O)c2ccc(NC(=O)c3ncc(-c4cn(-c5ccc(NCCCN)cc5F)nc4C(F)(F)F)n3C)cc2Cl)CC1. The summed E-state index contributed by atoms with van der Waals surface area (Å²) in [6.45, 7) is 7.10. The molecule has 0 spiro atoms. The van der Waals surface area contributed by atoms with E-state index in [2.05, 4.69) is 26.0 Å². The topological polar surface area (TPSA) is 197 Å². The van der Waals surface area contributed by atoms with Crippen molar-refractivity contribution in [2.45, 2.75) is 32.4 Å². The zero-order valence-corrected chi connectivity index (χ0v) is 35.2. The number of piperazine rings is 1. The van der Waals surface area contributed by atoms with Gasteiger partial charge < -0.3 is 46.1 Å². The van der Waals surface area contributed by atoms with Gasteiger partial charge in [0, 0.05) is 88.7 Å². The van der Waals surface area contributed by atoms with Gasteiger partial charge in [0.2, 0.25) is 5.91 Å². The third kappa shape index (κ3) is 10.9. The van der Waals surface area contributed by atoms with E-state index in [1.54, 1.807) is 9.80 Å². The quantitative estimate of drug-likeness (QED) is 0.0639. The van der Waals surface area contributed by atoms with Crippen molar-refractivity contribution < 1.29 is 46.7 Å². The smallest absolute Gasteiger partial charge is 0.435 e. The standard InChI is InChI=1S/C41H50ClF4N11O5/c1-3-26(9-12-54(24-35(58)59)22-25-19-48-20-25)39(61)55-13-15-56(16-14-55)40(62)29-7-5-28(17-31(29)42)51-38(60)37-50-21-34(53(37)2)30-23-57(52-36(30)41(44,45)46)33-8-6-27(18-32(33)43)49-11-4-10-47/h5-8,17-18,21,23,25-26,48-49H,3-4,9-16,19-20,22,24,47H2,1-2H3,(H,51,60)(H,58,59)/p+1. The molecule has 0 radical (unpaired) electrons. The van der Waals surface area contributed by atoms with Gasteiger partial charge in [-0.1, -0.05) is 18.5 Å². The number of alkyl halides is 3. The minimum Gasteiger partial charge on any atom is -0.477 e. The maximum Gasteiger partial charge on any atom is 0.435 e. The van der Waals surface area contributed by atoms with E-state index in [9.17, 15) is 37.5 Å². The number of aliphatic carboxylic acids is 1. The van der Waals surface area contributed by atoms with E-state index >= 15 is 4.39 Å². The van der Waals surface area contributed by atoms with Crippen LogP contribution in [0.15, 0.2) is 48.8 Å².